The van der Waals surface area contributed by atoms with Crippen molar-refractivity contribution >= 4 is 5.97 Å². The number of allylic oxidation sites excluding steroid dienone is 1. The number of nitrogens with two attached hydrogens (primary N) is 1. The van der Waals surface area contributed by atoms with Crippen LogP contribution in [0.3, 0.4) is 0 Å². The SMILES string of the molecule is CCCOc1cccc(C2C(C#N)=C(N)Oc3cc(OC(=O)Cc4ccc(OC)cc4)ccc32)c1. The molecule has 0 fully saturated rings. The molecule has 35 heavy (non-hydrogen) atoms. The summed E-state index contributed by atoms with van der Waals surface area (Å²) >= 11 is 0. The lowest BCUT2D eigenvalue weighted by Crippen LogP contribution is -2.21. The van der Waals surface area contributed by atoms with Crippen molar-refractivity contribution in [1.29, 1.82) is 5.26 Å². The van der Waals surface area contributed by atoms with Crippen LogP contribution in [0.4, 0.5) is 0 Å². The molecule has 0 saturated carbocycles. The van der Waals surface area contributed by atoms with E-state index in [4.69, 9.17) is 24.7 Å². The summed E-state index contributed by atoms with van der Waals surface area (Å²) in [6.07, 6.45) is 0.996. The minimum atomic E-state index is -0.432. The average Bonchev–Trinajstić information content (AvgIpc) is 2.87. The smallest absolute Gasteiger partial charge is 0.315 e. The van der Waals surface area contributed by atoms with Crippen LogP contribution in [-0.4, -0.2) is 19.7 Å². The highest BCUT2D eigenvalue weighted by atomic mass is 16.5. The van der Waals surface area contributed by atoms with Crippen molar-refractivity contribution in [2.45, 2.75) is 25.7 Å². The summed E-state index contributed by atoms with van der Waals surface area (Å²) in [6, 6.07) is 22.1. The molecule has 0 saturated heterocycles. The first-order chi connectivity index (χ1) is 17.0. The van der Waals surface area contributed by atoms with Crippen molar-refractivity contribution in [2.24, 2.45) is 5.73 Å². The lowest BCUT2D eigenvalue weighted by atomic mass is 9.83. The Balaban J connectivity index is 1.58. The number of esters is 1. The van der Waals surface area contributed by atoms with Gasteiger partial charge in [0.05, 0.1) is 26.1 Å². The molecule has 1 aliphatic rings. The standard InChI is InChI=1S/C28H26N2O5/c1-3-13-33-21-6-4-5-19(15-21)27-23-12-11-22(16-25(23)35-28(30)24(27)17-29)34-26(31)14-18-7-9-20(32-2)10-8-18/h4-12,15-16,27H,3,13-14,30H2,1-2H3. The molecular weight excluding hydrogens is 444 g/mol. The van der Waals surface area contributed by atoms with Crippen molar-refractivity contribution in [3.63, 3.8) is 0 Å². The Bertz CT molecular complexity index is 1290. The molecule has 1 unspecified atom stereocenters. The van der Waals surface area contributed by atoms with E-state index < -0.39 is 11.9 Å². The number of carbonyl (C=O) groups is 1. The second kappa shape index (κ2) is 10.7. The van der Waals surface area contributed by atoms with E-state index in [1.807, 2.05) is 43.3 Å². The monoisotopic (exact) mass is 470 g/mol. The lowest BCUT2D eigenvalue weighted by Gasteiger charge is -2.27. The number of fused-ring (bicyclic) bond motifs is 1. The molecule has 2 N–H and O–H groups in total. The van der Waals surface area contributed by atoms with E-state index in [2.05, 4.69) is 6.07 Å². The molecule has 7 nitrogen and oxygen atoms in total. The van der Waals surface area contributed by atoms with Gasteiger partial charge >= 0.3 is 5.97 Å². The third kappa shape index (κ3) is 5.39. The van der Waals surface area contributed by atoms with Crippen LogP contribution < -0.4 is 24.7 Å². The molecule has 1 heterocycles. The molecule has 3 aromatic carbocycles. The number of hydrogen-bond donors (Lipinski definition) is 1. The van der Waals surface area contributed by atoms with Crippen LogP contribution in [0.25, 0.3) is 0 Å². The van der Waals surface area contributed by atoms with Crippen molar-refractivity contribution in [3.8, 4) is 29.1 Å². The molecule has 0 aliphatic carbocycles. The van der Waals surface area contributed by atoms with Gasteiger partial charge < -0.3 is 24.7 Å². The van der Waals surface area contributed by atoms with Crippen molar-refractivity contribution in [2.75, 3.05) is 13.7 Å². The predicted molar refractivity (Wildman–Crippen MR) is 130 cm³/mol. The number of nitrogens with zero attached hydrogens (tertiary/aromatic N) is 1. The first-order valence-corrected chi connectivity index (χ1v) is 11.3. The molecule has 3 aromatic rings. The summed E-state index contributed by atoms with van der Waals surface area (Å²) in [6.45, 7) is 2.64. The molecular formula is C28H26N2O5. The Kier molecular flexibility index (Phi) is 7.22. The predicted octanol–water partition coefficient (Wildman–Crippen LogP) is 4.85. The van der Waals surface area contributed by atoms with Crippen molar-refractivity contribution in [1.82, 2.24) is 0 Å². The Labute approximate surface area is 204 Å². The number of nitriles is 1. The van der Waals surface area contributed by atoms with E-state index in [0.717, 1.165) is 28.9 Å². The third-order valence-electron chi connectivity index (χ3n) is 5.59. The molecule has 1 atom stereocenters. The van der Waals surface area contributed by atoms with Crippen LogP contribution in [0, 0.1) is 11.3 Å². The van der Waals surface area contributed by atoms with Crippen molar-refractivity contribution < 1.29 is 23.7 Å². The molecule has 0 spiro atoms. The minimum Gasteiger partial charge on any atom is -0.497 e. The van der Waals surface area contributed by atoms with E-state index >= 15 is 0 Å². The number of carbonyl (C=O) groups excluding carboxylic acids is 1. The largest absolute Gasteiger partial charge is 0.497 e. The number of benzene rings is 3. The molecule has 0 bridgehead atoms. The summed E-state index contributed by atoms with van der Waals surface area (Å²) in [5.41, 5.74) is 8.84. The maximum Gasteiger partial charge on any atom is 0.315 e. The second-order valence-electron chi connectivity index (χ2n) is 8.04. The quantitative estimate of drug-likeness (QED) is 0.371. The van der Waals surface area contributed by atoms with E-state index in [1.165, 1.54) is 0 Å². The first-order valence-electron chi connectivity index (χ1n) is 11.3. The van der Waals surface area contributed by atoms with Gasteiger partial charge in [0, 0.05) is 11.6 Å². The van der Waals surface area contributed by atoms with E-state index in [-0.39, 0.29) is 12.3 Å². The second-order valence-corrected chi connectivity index (χ2v) is 8.04. The minimum absolute atomic E-state index is 0.0200. The van der Waals surface area contributed by atoms with Gasteiger partial charge in [0.1, 0.15) is 34.6 Å². The fraction of sp³-hybridized carbons (Fsp3) is 0.214. The van der Waals surface area contributed by atoms with E-state index in [9.17, 15) is 10.1 Å². The molecule has 0 amide bonds. The van der Waals surface area contributed by atoms with Crippen LogP contribution in [-0.2, 0) is 11.2 Å². The third-order valence-corrected chi connectivity index (χ3v) is 5.59. The fourth-order valence-electron chi connectivity index (χ4n) is 3.92. The normalized spacial score (nSPS) is 14.4. The molecule has 178 valence electrons. The van der Waals surface area contributed by atoms with Crippen LogP contribution in [0.2, 0.25) is 0 Å². The van der Waals surface area contributed by atoms with Gasteiger partial charge in [0.25, 0.3) is 0 Å². The van der Waals surface area contributed by atoms with Gasteiger partial charge in [-0.25, -0.2) is 0 Å². The van der Waals surface area contributed by atoms with Crippen LogP contribution in [0.15, 0.2) is 78.2 Å². The van der Waals surface area contributed by atoms with Crippen LogP contribution in [0.5, 0.6) is 23.0 Å². The summed E-state index contributed by atoms with van der Waals surface area (Å²) in [7, 11) is 1.59. The summed E-state index contributed by atoms with van der Waals surface area (Å²) in [5, 5.41) is 9.80. The zero-order valence-electron chi connectivity index (χ0n) is 19.6. The Morgan fingerprint density at radius 1 is 1.06 bits per heavy atom. The van der Waals surface area contributed by atoms with Crippen LogP contribution in [0.1, 0.15) is 36.0 Å². The topological polar surface area (TPSA) is 104 Å². The van der Waals surface area contributed by atoms with Gasteiger partial charge in [-0.3, -0.25) is 4.79 Å². The maximum absolute atomic E-state index is 12.5. The summed E-state index contributed by atoms with van der Waals surface area (Å²) < 4.78 is 22.2. The number of ether oxygens (including phenoxy) is 4. The Morgan fingerprint density at radius 3 is 2.54 bits per heavy atom. The van der Waals surface area contributed by atoms with Gasteiger partial charge in [-0.1, -0.05) is 37.3 Å². The molecule has 4 rings (SSSR count). The van der Waals surface area contributed by atoms with Crippen molar-refractivity contribution in [3.05, 3.63) is 94.9 Å². The lowest BCUT2D eigenvalue weighted by molar-refractivity contribution is -0.133. The van der Waals surface area contributed by atoms with Gasteiger partial charge in [0.15, 0.2) is 0 Å². The highest BCUT2D eigenvalue weighted by Gasteiger charge is 2.31. The highest BCUT2D eigenvalue weighted by Crippen LogP contribution is 2.44. The Hall–Kier alpha value is -4.44. The zero-order valence-corrected chi connectivity index (χ0v) is 19.6. The highest BCUT2D eigenvalue weighted by molar-refractivity contribution is 5.75. The van der Waals surface area contributed by atoms with Gasteiger partial charge in [0.2, 0.25) is 5.88 Å². The number of methoxy groups -OCH3 is 1. The summed E-state index contributed by atoms with van der Waals surface area (Å²) in [5.74, 6) is 1.37. The molecule has 1 aliphatic heterocycles. The first kappa shape index (κ1) is 23.7. The van der Waals surface area contributed by atoms with Gasteiger partial charge in [-0.05, 0) is 47.9 Å². The molecule has 0 aromatic heterocycles. The molecule has 0 radical (unpaired) electrons. The average molecular weight is 471 g/mol. The number of hydrogen-bond acceptors (Lipinski definition) is 7. The summed E-state index contributed by atoms with van der Waals surface area (Å²) in [4.78, 5) is 12.5. The van der Waals surface area contributed by atoms with Crippen LogP contribution >= 0.6 is 0 Å². The van der Waals surface area contributed by atoms with E-state index in [0.29, 0.717) is 29.4 Å². The number of rotatable bonds is 8. The zero-order chi connectivity index (χ0) is 24.8. The maximum atomic E-state index is 12.5. The van der Waals surface area contributed by atoms with Gasteiger partial charge in [-0.2, -0.15) is 5.26 Å². The Morgan fingerprint density at radius 2 is 1.83 bits per heavy atom. The van der Waals surface area contributed by atoms with Gasteiger partial charge in [-0.15, -0.1) is 0 Å². The van der Waals surface area contributed by atoms with E-state index in [1.54, 1.807) is 37.4 Å². The fourth-order valence-corrected chi connectivity index (χ4v) is 3.92. The molecule has 7 heteroatoms.